The van der Waals surface area contributed by atoms with Crippen LogP contribution in [0.3, 0.4) is 0 Å². The largest absolute Gasteiger partial charge is 0.489 e. The summed E-state index contributed by atoms with van der Waals surface area (Å²) in [6.45, 7) is 4.76. The van der Waals surface area contributed by atoms with Crippen LogP contribution in [-0.4, -0.2) is 27.1 Å². The average molecular weight is 572 g/mol. The van der Waals surface area contributed by atoms with Gasteiger partial charge in [-0.25, -0.2) is 8.42 Å². The van der Waals surface area contributed by atoms with Gasteiger partial charge in [0.2, 0.25) is 5.91 Å². The van der Waals surface area contributed by atoms with Crippen LogP contribution in [0.5, 0.6) is 11.5 Å². The molecule has 1 amide bonds. The molecule has 0 aliphatic rings. The summed E-state index contributed by atoms with van der Waals surface area (Å²) < 4.78 is 37.1. The molecule has 0 heterocycles. The fraction of sp³-hybridized carbons (Fsp3) is 0.265. The molecule has 0 bridgehead atoms. The van der Waals surface area contributed by atoms with Gasteiger partial charge in [-0.2, -0.15) is 0 Å². The van der Waals surface area contributed by atoms with Gasteiger partial charge in [0.25, 0.3) is 0 Å². The van der Waals surface area contributed by atoms with E-state index in [1.54, 1.807) is 18.2 Å². The minimum Gasteiger partial charge on any atom is -0.489 e. The first-order chi connectivity index (χ1) is 19.7. The quantitative estimate of drug-likeness (QED) is 0.181. The Morgan fingerprint density at radius 1 is 0.780 bits per heavy atom. The number of rotatable bonds is 13. The van der Waals surface area contributed by atoms with Gasteiger partial charge in [-0.1, -0.05) is 72.8 Å². The lowest BCUT2D eigenvalue weighted by atomic mass is 9.97. The number of carbonyl (C=O) groups is 1. The van der Waals surface area contributed by atoms with Gasteiger partial charge in [-0.15, -0.1) is 0 Å². The predicted octanol–water partition coefficient (Wildman–Crippen LogP) is 6.68. The lowest BCUT2D eigenvalue weighted by molar-refractivity contribution is -0.118. The van der Waals surface area contributed by atoms with Crippen LogP contribution in [0.25, 0.3) is 11.1 Å². The number of ether oxygens (including phenoxy) is 2. The maximum atomic E-state index is 12.3. The molecule has 6 nitrogen and oxygen atoms in total. The SMILES string of the molecule is CC(=O)NCCCCc1ccc(OCc2cccc(-c3ccccc3)c2C)cc1OCc1ccccc1S(C)(=O)=O. The summed E-state index contributed by atoms with van der Waals surface area (Å²) in [4.78, 5) is 11.4. The third-order valence-corrected chi connectivity index (χ3v) is 8.16. The minimum atomic E-state index is -3.39. The maximum Gasteiger partial charge on any atom is 0.216 e. The molecule has 4 aromatic rings. The number of hydrogen-bond acceptors (Lipinski definition) is 5. The summed E-state index contributed by atoms with van der Waals surface area (Å²) in [5.74, 6) is 1.28. The van der Waals surface area contributed by atoms with Crippen LogP contribution < -0.4 is 14.8 Å². The Kier molecular flexibility index (Phi) is 10.2. The van der Waals surface area contributed by atoms with Crippen molar-refractivity contribution in [1.29, 1.82) is 0 Å². The standard InChI is InChI=1S/C34H37NO5S/c1-25-29(16-11-17-32(25)27-12-5-4-6-13-27)23-39-31-20-19-28(14-9-10-21-35-26(2)36)33(22-31)40-24-30-15-7-8-18-34(30)41(3,37)38/h4-8,11-13,15-20,22H,9-10,14,21,23-24H2,1-3H3,(H,35,36). The van der Waals surface area contributed by atoms with E-state index < -0.39 is 9.84 Å². The second-order valence-corrected chi connectivity index (χ2v) is 12.1. The Balaban J connectivity index is 1.52. The van der Waals surface area contributed by atoms with E-state index in [2.05, 4.69) is 36.5 Å². The van der Waals surface area contributed by atoms with Crippen LogP contribution in [0.2, 0.25) is 0 Å². The van der Waals surface area contributed by atoms with Gasteiger partial charge in [0, 0.05) is 31.4 Å². The van der Waals surface area contributed by atoms with Gasteiger partial charge < -0.3 is 14.8 Å². The highest BCUT2D eigenvalue weighted by Gasteiger charge is 2.15. The lowest BCUT2D eigenvalue weighted by Gasteiger charge is -2.16. The summed E-state index contributed by atoms with van der Waals surface area (Å²) in [6, 6.07) is 29.2. The fourth-order valence-electron chi connectivity index (χ4n) is 4.74. The number of carbonyl (C=O) groups excluding carboxylic acids is 1. The Hall–Kier alpha value is -4.10. The van der Waals surface area contributed by atoms with Crippen LogP contribution in [0.1, 0.15) is 42.0 Å². The molecule has 7 heteroatoms. The van der Waals surface area contributed by atoms with Crippen molar-refractivity contribution in [1.82, 2.24) is 5.32 Å². The zero-order valence-electron chi connectivity index (χ0n) is 23.9. The van der Waals surface area contributed by atoms with Gasteiger partial charge in [-0.05, 0) is 66.1 Å². The molecule has 0 radical (unpaired) electrons. The summed E-state index contributed by atoms with van der Waals surface area (Å²) >= 11 is 0. The zero-order chi connectivity index (χ0) is 29.2. The van der Waals surface area contributed by atoms with Crippen molar-refractivity contribution in [2.24, 2.45) is 0 Å². The van der Waals surface area contributed by atoms with Crippen LogP contribution in [0.4, 0.5) is 0 Å². The second kappa shape index (κ2) is 14.0. The Bertz CT molecular complexity index is 1580. The monoisotopic (exact) mass is 571 g/mol. The van der Waals surface area contributed by atoms with Gasteiger partial charge in [0.05, 0.1) is 4.90 Å². The number of aryl methyl sites for hydroxylation is 1. The van der Waals surface area contributed by atoms with E-state index in [0.717, 1.165) is 30.4 Å². The molecule has 0 unspecified atom stereocenters. The molecule has 0 saturated heterocycles. The summed E-state index contributed by atoms with van der Waals surface area (Å²) in [5.41, 5.74) is 6.21. The van der Waals surface area contributed by atoms with E-state index in [1.165, 1.54) is 29.9 Å². The van der Waals surface area contributed by atoms with Gasteiger partial charge in [0.15, 0.2) is 9.84 Å². The number of hydrogen-bond donors (Lipinski definition) is 1. The van der Waals surface area contributed by atoms with E-state index in [4.69, 9.17) is 9.47 Å². The summed E-state index contributed by atoms with van der Waals surface area (Å²) in [5, 5.41) is 2.83. The molecule has 0 spiro atoms. The van der Waals surface area contributed by atoms with Gasteiger partial charge >= 0.3 is 0 Å². The maximum absolute atomic E-state index is 12.3. The third kappa shape index (κ3) is 8.44. The Morgan fingerprint density at radius 3 is 2.24 bits per heavy atom. The van der Waals surface area contributed by atoms with Crippen molar-refractivity contribution < 1.29 is 22.7 Å². The molecule has 0 fully saturated rings. The molecule has 0 aliphatic carbocycles. The van der Waals surface area contributed by atoms with Crippen molar-refractivity contribution in [3.8, 4) is 22.6 Å². The molecule has 0 saturated carbocycles. The first kappa shape index (κ1) is 29.9. The fourth-order valence-corrected chi connectivity index (χ4v) is 5.67. The molecule has 0 aliphatic heterocycles. The lowest BCUT2D eigenvalue weighted by Crippen LogP contribution is -2.20. The molecule has 1 N–H and O–H groups in total. The predicted molar refractivity (Wildman–Crippen MR) is 163 cm³/mol. The molecule has 0 atom stereocenters. The smallest absolute Gasteiger partial charge is 0.216 e. The molecule has 41 heavy (non-hydrogen) atoms. The van der Waals surface area contributed by atoms with Crippen LogP contribution in [0, 0.1) is 6.92 Å². The summed E-state index contributed by atoms with van der Waals surface area (Å²) in [6.07, 6.45) is 3.66. The molecular weight excluding hydrogens is 534 g/mol. The first-order valence-electron chi connectivity index (χ1n) is 13.8. The van der Waals surface area contributed by atoms with Crippen molar-refractivity contribution in [3.63, 3.8) is 0 Å². The number of unbranched alkanes of at least 4 members (excludes halogenated alkanes) is 1. The Labute approximate surface area is 243 Å². The summed E-state index contributed by atoms with van der Waals surface area (Å²) in [7, 11) is -3.39. The van der Waals surface area contributed by atoms with E-state index in [-0.39, 0.29) is 17.4 Å². The highest BCUT2D eigenvalue weighted by atomic mass is 32.2. The molecular formula is C34H37NO5S. The van der Waals surface area contributed by atoms with E-state index >= 15 is 0 Å². The van der Waals surface area contributed by atoms with Gasteiger partial charge in [-0.3, -0.25) is 4.79 Å². The Morgan fingerprint density at radius 2 is 1.49 bits per heavy atom. The van der Waals surface area contributed by atoms with Crippen molar-refractivity contribution in [3.05, 3.63) is 113 Å². The van der Waals surface area contributed by atoms with Crippen LogP contribution in [0.15, 0.2) is 95.9 Å². The van der Waals surface area contributed by atoms with E-state index in [1.807, 2.05) is 48.5 Å². The third-order valence-electron chi connectivity index (χ3n) is 6.97. The van der Waals surface area contributed by atoms with E-state index in [0.29, 0.717) is 30.2 Å². The van der Waals surface area contributed by atoms with Crippen molar-refractivity contribution in [2.45, 2.75) is 51.2 Å². The zero-order valence-corrected chi connectivity index (χ0v) is 24.7. The average Bonchev–Trinajstić information content (AvgIpc) is 2.96. The highest BCUT2D eigenvalue weighted by Crippen LogP contribution is 2.30. The van der Waals surface area contributed by atoms with Crippen LogP contribution in [-0.2, 0) is 34.3 Å². The molecule has 214 valence electrons. The normalized spacial score (nSPS) is 11.2. The van der Waals surface area contributed by atoms with Crippen LogP contribution >= 0.6 is 0 Å². The number of amides is 1. The van der Waals surface area contributed by atoms with Gasteiger partial charge in [0.1, 0.15) is 24.7 Å². The minimum absolute atomic E-state index is 0.0374. The highest BCUT2D eigenvalue weighted by molar-refractivity contribution is 7.90. The number of benzene rings is 4. The first-order valence-corrected chi connectivity index (χ1v) is 15.7. The molecule has 0 aromatic heterocycles. The van der Waals surface area contributed by atoms with Crippen molar-refractivity contribution in [2.75, 3.05) is 12.8 Å². The molecule has 4 aromatic carbocycles. The van der Waals surface area contributed by atoms with Crippen molar-refractivity contribution >= 4 is 15.7 Å². The second-order valence-electron chi connectivity index (χ2n) is 10.1. The molecule has 4 rings (SSSR count). The van der Waals surface area contributed by atoms with E-state index in [9.17, 15) is 13.2 Å². The topological polar surface area (TPSA) is 81.7 Å². The number of sulfone groups is 1. The number of nitrogens with one attached hydrogen (secondary N) is 1.